The molecule has 3 unspecified atom stereocenters. The van der Waals surface area contributed by atoms with Crippen molar-refractivity contribution in [2.75, 3.05) is 0 Å². The molecule has 3 atom stereocenters. The van der Waals surface area contributed by atoms with Gasteiger partial charge in [0, 0.05) is 6.42 Å². The Hall–Kier alpha value is -0.110. The number of hydrogen-bond donors (Lipinski definition) is 1. The fraction of sp³-hybridized carbons (Fsp3) is 1.00. The van der Waals surface area contributed by atoms with Crippen molar-refractivity contribution < 1.29 is 9.50 Å². The van der Waals surface area contributed by atoms with Gasteiger partial charge in [-0.1, -0.05) is 19.8 Å². The molecule has 0 aromatic rings. The summed E-state index contributed by atoms with van der Waals surface area (Å²) in [6.07, 6.45) is 5.96. The first-order valence-electron chi connectivity index (χ1n) is 6.49. The Morgan fingerprint density at radius 2 is 1.67 bits per heavy atom. The van der Waals surface area contributed by atoms with Crippen LogP contribution < -0.4 is 0 Å². The fourth-order valence-electron chi connectivity index (χ4n) is 3.36. The third-order valence-electron chi connectivity index (χ3n) is 4.46. The Kier molecular flexibility index (Phi) is 3.65. The molecule has 1 N–H and O–H groups in total. The monoisotopic (exact) mass is 214 g/mol. The highest BCUT2D eigenvalue weighted by atomic mass is 19.1. The van der Waals surface area contributed by atoms with Crippen LogP contribution in [0.3, 0.4) is 0 Å². The molecule has 0 bridgehead atoms. The molecule has 2 heteroatoms. The number of aliphatic hydroxyl groups excluding tert-OH is 1. The minimum absolute atomic E-state index is 0.251. The van der Waals surface area contributed by atoms with Crippen LogP contribution in [0.2, 0.25) is 0 Å². The van der Waals surface area contributed by atoms with Crippen molar-refractivity contribution in [1.29, 1.82) is 0 Å². The molecule has 15 heavy (non-hydrogen) atoms. The van der Waals surface area contributed by atoms with E-state index in [-0.39, 0.29) is 12.0 Å². The molecule has 2 aliphatic carbocycles. The van der Waals surface area contributed by atoms with Gasteiger partial charge in [0.25, 0.3) is 0 Å². The minimum Gasteiger partial charge on any atom is -0.393 e. The first-order chi connectivity index (χ1) is 7.16. The van der Waals surface area contributed by atoms with Crippen LogP contribution in [0, 0.1) is 17.8 Å². The molecule has 0 spiro atoms. The van der Waals surface area contributed by atoms with Gasteiger partial charge in [-0.05, 0) is 43.4 Å². The highest BCUT2D eigenvalue weighted by Crippen LogP contribution is 2.41. The smallest absolute Gasteiger partial charge is 0.106 e. The molecule has 0 aromatic heterocycles. The molecule has 0 heterocycles. The van der Waals surface area contributed by atoms with Crippen molar-refractivity contribution in [2.45, 2.75) is 64.1 Å². The number of alkyl halides is 1. The highest BCUT2D eigenvalue weighted by Gasteiger charge is 2.36. The number of halogens is 1. The second kappa shape index (κ2) is 4.82. The SMILES string of the molecule is CC1CCC(C2CCC(O)CC2F)CC1. The van der Waals surface area contributed by atoms with E-state index >= 15 is 0 Å². The van der Waals surface area contributed by atoms with Crippen molar-refractivity contribution in [3.8, 4) is 0 Å². The zero-order chi connectivity index (χ0) is 10.8. The van der Waals surface area contributed by atoms with Gasteiger partial charge in [0.1, 0.15) is 6.17 Å². The number of rotatable bonds is 1. The summed E-state index contributed by atoms with van der Waals surface area (Å²) in [6, 6.07) is 0. The Balaban J connectivity index is 1.87. The summed E-state index contributed by atoms with van der Waals surface area (Å²) in [5, 5.41) is 9.40. The van der Waals surface area contributed by atoms with Gasteiger partial charge in [0.15, 0.2) is 0 Å². The molecule has 1 nitrogen and oxygen atoms in total. The lowest BCUT2D eigenvalue weighted by molar-refractivity contribution is 0.0150. The molecule has 2 saturated carbocycles. The zero-order valence-corrected chi connectivity index (χ0v) is 9.66. The van der Waals surface area contributed by atoms with Crippen LogP contribution >= 0.6 is 0 Å². The van der Waals surface area contributed by atoms with E-state index in [0.717, 1.165) is 18.8 Å². The molecule has 88 valence electrons. The van der Waals surface area contributed by atoms with Gasteiger partial charge in [0.05, 0.1) is 6.10 Å². The predicted molar refractivity (Wildman–Crippen MR) is 59.4 cm³/mol. The van der Waals surface area contributed by atoms with E-state index < -0.39 is 6.17 Å². The Labute approximate surface area is 92.1 Å². The van der Waals surface area contributed by atoms with E-state index in [4.69, 9.17) is 0 Å². The summed E-state index contributed by atoms with van der Waals surface area (Å²) >= 11 is 0. The van der Waals surface area contributed by atoms with E-state index in [2.05, 4.69) is 6.92 Å². The lowest BCUT2D eigenvalue weighted by Gasteiger charge is -2.38. The van der Waals surface area contributed by atoms with Crippen LogP contribution in [-0.2, 0) is 0 Å². The molecule has 0 radical (unpaired) electrons. The molecular formula is C13H23FO. The van der Waals surface area contributed by atoms with Crippen LogP contribution in [0.25, 0.3) is 0 Å². The normalized spacial score (nSPS) is 47.8. The van der Waals surface area contributed by atoms with Gasteiger partial charge in [-0.25, -0.2) is 4.39 Å². The average Bonchev–Trinajstić information content (AvgIpc) is 2.20. The van der Waals surface area contributed by atoms with E-state index in [9.17, 15) is 9.50 Å². The summed E-state index contributed by atoms with van der Waals surface area (Å²) < 4.78 is 13.8. The van der Waals surface area contributed by atoms with Gasteiger partial charge in [-0.3, -0.25) is 0 Å². The minimum atomic E-state index is -0.743. The highest BCUT2D eigenvalue weighted by molar-refractivity contribution is 4.86. The standard InChI is InChI=1S/C13H23FO/c1-9-2-4-10(5-3-9)12-7-6-11(15)8-13(12)14/h9-13,15H,2-8H2,1H3. The van der Waals surface area contributed by atoms with Gasteiger partial charge < -0.3 is 5.11 Å². The molecule has 2 rings (SSSR count). The van der Waals surface area contributed by atoms with Crippen molar-refractivity contribution >= 4 is 0 Å². The summed E-state index contributed by atoms with van der Waals surface area (Å²) in [4.78, 5) is 0. The Morgan fingerprint density at radius 1 is 1.00 bits per heavy atom. The van der Waals surface area contributed by atoms with E-state index in [1.54, 1.807) is 0 Å². The van der Waals surface area contributed by atoms with E-state index in [1.807, 2.05) is 0 Å². The summed E-state index contributed by atoms with van der Waals surface area (Å²) in [5.74, 6) is 1.69. The Bertz CT molecular complexity index is 199. The lowest BCUT2D eigenvalue weighted by atomic mass is 9.70. The van der Waals surface area contributed by atoms with Crippen LogP contribution in [0.15, 0.2) is 0 Å². The second-order valence-electron chi connectivity index (χ2n) is 5.67. The molecule has 2 fully saturated rings. The third kappa shape index (κ3) is 2.72. The molecule has 0 amide bonds. The van der Waals surface area contributed by atoms with Crippen LogP contribution in [0.4, 0.5) is 4.39 Å². The van der Waals surface area contributed by atoms with Crippen molar-refractivity contribution in [3.05, 3.63) is 0 Å². The maximum absolute atomic E-state index is 13.8. The summed E-state index contributed by atoms with van der Waals surface area (Å²) in [6.45, 7) is 2.30. The second-order valence-corrected chi connectivity index (χ2v) is 5.67. The maximum Gasteiger partial charge on any atom is 0.106 e. The maximum atomic E-state index is 13.8. The molecule has 0 saturated heterocycles. The van der Waals surface area contributed by atoms with E-state index in [0.29, 0.717) is 12.3 Å². The van der Waals surface area contributed by atoms with Crippen LogP contribution in [0.5, 0.6) is 0 Å². The van der Waals surface area contributed by atoms with Crippen molar-refractivity contribution in [3.63, 3.8) is 0 Å². The van der Waals surface area contributed by atoms with Gasteiger partial charge in [-0.15, -0.1) is 0 Å². The largest absolute Gasteiger partial charge is 0.393 e. The topological polar surface area (TPSA) is 20.2 Å². The Morgan fingerprint density at radius 3 is 2.27 bits per heavy atom. The summed E-state index contributed by atoms with van der Waals surface area (Å²) in [5.41, 5.74) is 0. The van der Waals surface area contributed by atoms with Crippen LogP contribution in [0.1, 0.15) is 51.9 Å². The molecular weight excluding hydrogens is 191 g/mol. The molecule has 0 aromatic carbocycles. The molecule has 2 aliphatic rings. The molecule has 0 aliphatic heterocycles. The third-order valence-corrected chi connectivity index (χ3v) is 4.46. The fourth-order valence-corrected chi connectivity index (χ4v) is 3.36. The lowest BCUT2D eigenvalue weighted by Crippen LogP contribution is -2.35. The van der Waals surface area contributed by atoms with Crippen molar-refractivity contribution in [1.82, 2.24) is 0 Å². The average molecular weight is 214 g/mol. The van der Waals surface area contributed by atoms with Gasteiger partial charge >= 0.3 is 0 Å². The van der Waals surface area contributed by atoms with E-state index in [1.165, 1.54) is 25.7 Å². The predicted octanol–water partition coefficient (Wildman–Crippen LogP) is 3.31. The van der Waals surface area contributed by atoms with Crippen LogP contribution in [-0.4, -0.2) is 17.4 Å². The zero-order valence-electron chi connectivity index (χ0n) is 9.66. The first-order valence-corrected chi connectivity index (χ1v) is 6.49. The quantitative estimate of drug-likeness (QED) is 0.710. The summed E-state index contributed by atoms with van der Waals surface area (Å²) in [7, 11) is 0. The van der Waals surface area contributed by atoms with Gasteiger partial charge in [-0.2, -0.15) is 0 Å². The first kappa shape index (κ1) is 11.4. The number of aliphatic hydroxyl groups is 1. The van der Waals surface area contributed by atoms with Gasteiger partial charge in [0.2, 0.25) is 0 Å². The van der Waals surface area contributed by atoms with Crippen molar-refractivity contribution in [2.24, 2.45) is 17.8 Å². The number of hydrogen-bond acceptors (Lipinski definition) is 1.